The fraction of sp³-hybridized carbons (Fsp3) is 0.873. The van der Waals surface area contributed by atoms with Crippen LogP contribution in [-0.4, -0.2) is 62.8 Å². The van der Waals surface area contributed by atoms with E-state index in [-0.39, 0.29) is 24.0 Å². The summed E-state index contributed by atoms with van der Waals surface area (Å²) in [7, 11) is 4.06. The van der Waals surface area contributed by atoms with Crippen molar-refractivity contribution in [1.82, 2.24) is 4.90 Å². The molecule has 7 nitrogen and oxygen atoms in total. The van der Waals surface area contributed by atoms with E-state index >= 15 is 0 Å². The van der Waals surface area contributed by atoms with Gasteiger partial charge in [0, 0.05) is 19.3 Å². The van der Waals surface area contributed by atoms with Gasteiger partial charge in [0.15, 0.2) is 0 Å². The van der Waals surface area contributed by atoms with Crippen LogP contribution in [0, 0.1) is 11.8 Å². The minimum atomic E-state index is -0.0915. The van der Waals surface area contributed by atoms with Gasteiger partial charge in [0.1, 0.15) is 19.3 Å². The number of rotatable bonds is 47. The zero-order valence-electron chi connectivity index (χ0n) is 42.0. The predicted molar refractivity (Wildman–Crippen MR) is 265 cm³/mol. The lowest BCUT2D eigenvalue weighted by Gasteiger charge is -2.18. The third-order valence-electron chi connectivity index (χ3n) is 12.3. The minimum absolute atomic E-state index is 0.0347. The number of nitrogens with zero attached hydrogens (tertiary/aromatic N) is 1. The first kappa shape index (κ1) is 59.9. The molecule has 0 rings (SSSR count). The second-order valence-electron chi connectivity index (χ2n) is 18.8. The van der Waals surface area contributed by atoms with Crippen molar-refractivity contribution in [3.63, 3.8) is 0 Å². The summed E-state index contributed by atoms with van der Waals surface area (Å²) in [4.78, 5) is 39.6. The molecule has 0 spiro atoms. The summed E-state index contributed by atoms with van der Waals surface area (Å²) in [5, 5.41) is 0. The van der Waals surface area contributed by atoms with E-state index in [1.807, 2.05) is 14.1 Å². The molecule has 0 aromatic rings. The zero-order valence-corrected chi connectivity index (χ0v) is 42.0. The molecular formula is C55H103NO6. The number of esters is 3. The first-order valence-electron chi connectivity index (χ1n) is 26.7. The maximum atomic E-state index is 12.7. The van der Waals surface area contributed by atoms with Crippen LogP contribution in [0.2, 0.25) is 0 Å². The first-order valence-corrected chi connectivity index (χ1v) is 26.7. The third kappa shape index (κ3) is 43.1. The molecule has 0 aliphatic carbocycles. The summed E-state index contributed by atoms with van der Waals surface area (Å²) in [6, 6.07) is 0. The molecule has 7 heteroatoms. The van der Waals surface area contributed by atoms with Crippen LogP contribution < -0.4 is 0 Å². The lowest BCUT2D eigenvalue weighted by molar-refractivity contribution is -0.150. The van der Waals surface area contributed by atoms with Crippen LogP contribution in [0.15, 0.2) is 24.3 Å². The predicted octanol–water partition coefficient (Wildman–Crippen LogP) is 16.0. The second-order valence-corrected chi connectivity index (χ2v) is 18.8. The zero-order chi connectivity index (χ0) is 45.6. The number of carbonyl (C=O) groups excluding carboxylic acids is 3. The Morgan fingerprint density at radius 2 is 0.726 bits per heavy atom. The Morgan fingerprint density at radius 3 is 1.10 bits per heavy atom. The van der Waals surface area contributed by atoms with Gasteiger partial charge < -0.3 is 19.1 Å². The fourth-order valence-electron chi connectivity index (χ4n) is 8.32. The van der Waals surface area contributed by atoms with E-state index in [0.29, 0.717) is 44.3 Å². The summed E-state index contributed by atoms with van der Waals surface area (Å²) < 4.78 is 17.1. The lowest BCUT2D eigenvalue weighted by atomic mass is 9.94. The molecule has 0 aliphatic rings. The van der Waals surface area contributed by atoms with Crippen LogP contribution in [-0.2, 0) is 28.6 Å². The Bertz CT molecular complexity index is 964. The Labute approximate surface area is 385 Å². The average molecular weight is 874 g/mol. The highest BCUT2D eigenvalue weighted by Crippen LogP contribution is 2.22. The highest BCUT2D eigenvalue weighted by molar-refractivity contribution is 5.70. The van der Waals surface area contributed by atoms with E-state index < -0.39 is 0 Å². The molecule has 0 amide bonds. The normalized spacial score (nSPS) is 12.0. The van der Waals surface area contributed by atoms with Gasteiger partial charge in [0.2, 0.25) is 0 Å². The van der Waals surface area contributed by atoms with Gasteiger partial charge in [-0.25, -0.2) is 0 Å². The van der Waals surface area contributed by atoms with E-state index in [9.17, 15) is 14.4 Å². The smallest absolute Gasteiger partial charge is 0.306 e. The van der Waals surface area contributed by atoms with Crippen molar-refractivity contribution < 1.29 is 28.6 Å². The molecule has 0 aliphatic heterocycles. The van der Waals surface area contributed by atoms with Crippen LogP contribution >= 0.6 is 0 Å². The van der Waals surface area contributed by atoms with E-state index in [2.05, 4.69) is 56.9 Å². The van der Waals surface area contributed by atoms with Gasteiger partial charge in [-0.1, -0.05) is 193 Å². The lowest BCUT2D eigenvalue weighted by Crippen LogP contribution is -2.20. The highest BCUT2D eigenvalue weighted by Gasteiger charge is 2.15. The minimum Gasteiger partial charge on any atom is -0.462 e. The molecular weight excluding hydrogens is 771 g/mol. The molecule has 0 N–H and O–H groups in total. The SMILES string of the molecule is CCCCCCC(/C=C\COC(=O)CCCCCCCC(CCCCCCCC(=O)OC/C=C\C(CCCCCC)CCCCCC)OC(=O)CCCN(C)C)CCCCCC. The van der Waals surface area contributed by atoms with Crippen molar-refractivity contribution in [3.8, 4) is 0 Å². The van der Waals surface area contributed by atoms with E-state index in [4.69, 9.17) is 14.2 Å². The summed E-state index contributed by atoms with van der Waals surface area (Å²) in [5.41, 5.74) is 0. The van der Waals surface area contributed by atoms with Gasteiger partial charge in [0.25, 0.3) is 0 Å². The van der Waals surface area contributed by atoms with Crippen molar-refractivity contribution in [2.75, 3.05) is 33.9 Å². The molecule has 0 atom stereocenters. The van der Waals surface area contributed by atoms with Gasteiger partial charge in [-0.2, -0.15) is 0 Å². The number of unbranched alkanes of at least 4 members (excludes halogenated alkanes) is 20. The van der Waals surface area contributed by atoms with Gasteiger partial charge in [-0.3, -0.25) is 14.4 Å². The van der Waals surface area contributed by atoms with Gasteiger partial charge in [0.05, 0.1) is 0 Å². The summed E-state index contributed by atoms with van der Waals surface area (Å²) in [6.45, 7) is 10.7. The van der Waals surface area contributed by atoms with E-state index in [1.54, 1.807) is 0 Å². The van der Waals surface area contributed by atoms with Gasteiger partial charge >= 0.3 is 17.9 Å². The quantitative estimate of drug-likeness (QED) is 0.0261. The molecule has 0 bridgehead atoms. The molecule has 62 heavy (non-hydrogen) atoms. The molecule has 0 radical (unpaired) electrons. The molecule has 0 unspecified atom stereocenters. The maximum absolute atomic E-state index is 12.7. The summed E-state index contributed by atoms with van der Waals surface area (Å²) in [5.74, 6) is 0.946. The van der Waals surface area contributed by atoms with Crippen LogP contribution in [0.4, 0.5) is 0 Å². The Balaban J connectivity index is 4.44. The Morgan fingerprint density at radius 1 is 0.403 bits per heavy atom. The Hall–Kier alpha value is -2.15. The van der Waals surface area contributed by atoms with Crippen molar-refractivity contribution in [2.24, 2.45) is 11.8 Å². The maximum Gasteiger partial charge on any atom is 0.306 e. The summed E-state index contributed by atoms with van der Waals surface area (Å²) in [6.07, 6.45) is 48.6. The number of allylic oxidation sites excluding steroid dienone is 2. The summed E-state index contributed by atoms with van der Waals surface area (Å²) >= 11 is 0. The third-order valence-corrected chi connectivity index (χ3v) is 12.3. The van der Waals surface area contributed by atoms with E-state index in [1.165, 1.54) is 128 Å². The van der Waals surface area contributed by atoms with Crippen molar-refractivity contribution >= 4 is 17.9 Å². The molecule has 0 aromatic carbocycles. The monoisotopic (exact) mass is 874 g/mol. The number of hydrogen-bond donors (Lipinski definition) is 0. The standard InChI is InChI=1S/C55H103NO6/c1-7-11-15-25-36-50(37-26-16-12-8-2)40-34-48-60-53(57)44-31-23-19-21-29-42-52(62-55(59)46-33-47-56(5)6)43-30-22-20-24-32-45-54(58)61-49-35-41-51(38-27-17-13-9-3)39-28-18-14-10-4/h34-35,40-41,50-52H,7-33,36-39,42-49H2,1-6H3/b40-34-,41-35-. The molecule has 0 saturated carbocycles. The van der Waals surface area contributed by atoms with Crippen molar-refractivity contribution in [3.05, 3.63) is 24.3 Å². The second kappa shape index (κ2) is 46.8. The van der Waals surface area contributed by atoms with Gasteiger partial charge in [-0.05, 0) is 103 Å². The van der Waals surface area contributed by atoms with E-state index in [0.717, 1.165) is 90.0 Å². The first-order chi connectivity index (χ1) is 30.2. The molecule has 0 saturated heterocycles. The number of hydrogen-bond acceptors (Lipinski definition) is 7. The average Bonchev–Trinajstić information content (AvgIpc) is 3.25. The van der Waals surface area contributed by atoms with Crippen LogP contribution in [0.3, 0.4) is 0 Å². The Kier molecular flexibility index (Phi) is 45.2. The largest absolute Gasteiger partial charge is 0.462 e. The highest BCUT2D eigenvalue weighted by atomic mass is 16.5. The molecule has 0 aromatic heterocycles. The van der Waals surface area contributed by atoms with Gasteiger partial charge in [-0.15, -0.1) is 0 Å². The van der Waals surface area contributed by atoms with Crippen LogP contribution in [0.25, 0.3) is 0 Å². The topological polar surface area (TPSA) is 82.1 Å². The van der Waals surface area contributed by atoms with Crippen LogP contribution in [0.5, 0.6) is 0 Å². The number of ether oxygens (including phenoxy) is 3. The van der Waals surface area contributed by atoms with Crippen molar-refractivity contribution in [1.29, 1.82) is 0 Å². The van der Waals surface area contributed by atoms with Crippen molar-refractivity contribution in [2.45, 2.75) is 265 Å². The number of carbonyl (C=O) groups is 3. The van der Waals surface area contributed by atoms with Crippen LogP contribution in [0.1, 0.15) is 259 Å². The molecule has 0 fully saturated rings. The molecule has 0 heterocycles. The fourth-order valence-corrected chi connectivity index (χ4v) is 8.32. The molecule has 364 valence electrons.